The van der Waals surface area contributed by atoms with E-state index in [4.69, 9.17) is 11.6 Å². The molecule has 2 fully saturated rings. The van der Waals surface area contributed by atoms with Gasteiger partial charge in [0.15, 0.2) is 0 Å². The summed E-state index contributed by atoms with van der Waals surface area (Å²) >= 11 is 6.90. The second-order valence-electron chi connectivity index (χ2n) is 12.4. The van der Waals surface area contributed by atoms with Crippen LogP contribution < -0.4 is 9.80 Å². The molecule has 3 aliphatic rings. The van der Waals surface area contributed by atoms with Gasteiger partial charge in [0.2, 0.25) is 0 Å². The Kier molecular flexibility index (Phi) is 6.96. The molecule has 0 spiro atoms. The van der Waals surface area contributed by atoms with E-state index in [1.54, 1.807) is 0 Å². The molecule has 6 rings (SSSR count). The number of phenolic OH excluding ortho intramolecular Hbond substituents is 1. The maximum atomic E-state index is 15.1. The van der Waals surface area contributed by atoms with Crippen molar-refractivity contribution >= 4 is 23.0 Å². The summed E-state index contributed by atoms with van der Waals surface area (Å²) in [5, 5.41) is 12.2. The molecule has 2 heterocycles. The van der Waals surface area contributed by atoms with Gasteiger partial charge in [0.25, 0.3) is 0 Å². The van der Waals surface area contributed by atoms with E-state index in [0.29, 0.717) is 22.1 Å². The average Bonchev–Trinajstić information content (AvgIpc) is 3.69. The maximum Gasteiger partial charge on any atom is 0.131 e. The van der Waals surface area contributed by atoms with Crippen LogP contribution >= 0.6 is 11.6 Å². The van der Waals surface area contributed by atoms with Crippen LogP contribution in [0, 0.1) is 5.82 Å². The van der Waals surface area contributed by atoms with Crippen molar-refractivity contribution in [1.82, 2.24) is 9.80 Å². The predicted octanol–water partition coefficient (Wildman–Crippen LogP) is 7.50. The van der Waals surface area contributed by atoms with E-state index >= 15 is 4.39 Å². The van der Waals surface area contributed by atoms with E-state index in [9.17, 15) is 5.11 Å². The quantitative estimate of drug-likeness (QED) is 0.349. The van der Waals surface area contributed by atoms with Crippen LogP contribution in [0.5, 0.6) is 5.75 Å². The third kappa shape index (κ3) is 5.27. The summed E-state index contributed by atoms with van der Waals surface area (Å²) in [6.45, 7) is 11.3. The number of hydrogen-bond acceptors (Lipinski definition) is 5. The molecular formula is C33H38ClFN4O. The lowest BCUT2D eigenvalue weighted by Gasteiger charge is -2.43. The number of piperazine rings is 1. The number of hydrogen-bond donors (Lipinski definition) is 1. The Morgan fingerprint density at radius 1 is 0.900 bits per heavy atom. The van der Waals surface area contributed by atoms with Crippen LogP contribution in [0.3, 0.4) is 0 Å². The summed E-state index contributed by atoms with van der Waals surface area (Å²) in [5.74, 6) is 0.115. The molecule has 210 valence electrons. The minimum Gasteiger partial charge on any atom is -0.507 e. The minimum atomic E-state index is -0.385. The van der Waals surface area contributed by atoms with E-state index in [0.717, 1.165) is 73.8 Å². The van der Waals surface area contributed by atoms with Crippen molar-refractivity contribution < 1.29 is 9.50 Å². The van der Waals surface area contributed by atoms with Gasteiger partial charge in [-0.05, 0) is 92.6 Å². The maximum absolute atomic E-state index is 15.1. The van der Waals surface area contributed by atoms with E-state index in [1.165, 1.54) is 12.1 Å². The number of phenols is 1. The SMILES string of the molecule is CN1C=CN(c2c(Cl)cc(-c3cc(F)cc(-c4cccc(N5CCN(C(C)(C)C)CC5)c4)c3O)cc2C2CC2)C1. The van der Waals surface area contributed by atoms with Crippen LogP contribution in [0.25, 0.3) is 22.3 Å². The highest BCUT2D eigenvalue weighted by Gasteiger charge is 2.31. The van der Waals surface area contributed by atoms with Gasteiger partial charge < -0.3 is 19.8 Å². The van der Waals surface area contributed by atoms with E-state index < -0.39 is 0 Å². The molecule has 0 bridgehead atoms. The van der Waals surface area contributed by atoms with Crippen LogP contribution in [0.4, 0.5) is 15.8 Å². The van der Waals surface area contributed by atoms with Crippen molar-refractivity contribution in [2.75, 3.05) is 49.7 Å². The Balaban J connectivity index is 1.34. The molecule has 1 saturated heterocycles. The highest BCUT2D eigenvalue weighted by Crippen LogP contribution is 2.50. The van der Waals surface area contributed by atoms with Crippen molar-refractivity contribution in [2.45, 2.75) is 45.1 Å². The van der Waals surface area contributed by atoms with Gasteiger partial charge in [-0.3, -0.25) is 4.90 Å². The Morgan fingerprint density at radius 3 is 2.23 bits per heavy atom. The smallest absolute Gasteiger partial charge is 0.131 e. The van der Waals surface area contributed by atoms with Gasteiger partial charge in [-0.2, -0.15) is 0 Å². The lowest BCUT2D eigenvalue weighted by molar-refractivity contribution is 0.128. The lowest BCUT2D eigenvalue weighted by Crippen LogP contribution is -2.53. The van der Waals surface area contributed by atoms with E-state index in [-0.39, 0.29) is 17.1 Å². The number of rotatable bonds is 5. The van der Waals surface area contributed by atoms with Crippen molar-refractivity contribution in [3.8, 4) is 28.0 Å². The predicted molar refractivity (Wildman–Crippen MR) is 164 cm³/mol. The summed E-state index contributed by atoms with van der Waals surface area (Å²) in [6, 6.07) is 14.9. The molecular weight excluding hydrogens is 523 g/mol. The zero-order valence-electron chi connectivity index (χ0n) is 23.8. The molecule has 40 heavy (non-hydrogen) atoms. The summed E-state index contributed by atoms with van der Waals surface area (Å²) < 4.78 is 15.1. The lowest BCUT2D eigenvalue weighted by atomic mass is 9.94. The molecule has 1 saturated carbocycles. The largest absolute Gasteiger partial charge is 0.507 e. The van der Waals surface area contributed by atoms with Crippen molar-refractivity contribution in [1.29, 1.82) is 0 Å². The van der Waals surface area contributed by atoms with Crippen LogP contribution in [0.2, 0.25) is 5.02 Å². The van der Waals surface area contributed by atoms with E-state index in [2.05, 4.69) is 58.6 Å². The summed E-state index contributed by atoms with van der Waals surface area (Å²) in [4.78, 5) is 9.13. The first-order valence-electron chi connectivity index (χ1n) is 14.2. The zero-order valence-corrected chi connectivity index (χ0v) is 24.5. The molecule has 1 N–H and O–H groups in total. The molecule has 3 aromatic rings. The highest BCUT2D eigenvalue weighted by molar-refractivity contribution is 6.34. The summed E-state index contributed by atoms with van der Waals surface area (Å²) in [6.07, 6.45) is 6.29. The van der Waals surface area contributed by atoms with Crippen molar-refractivity contribution in [3.63, 3.8) is 0 Å². The van der Waals surface area contributed by atoms with Gasteiger partial charge in [0, 0.05) is 68.0 Å². The van der Waals surface area contributed by atoms with Crippen LogP contribution in [-0.2, 0) is 0 Å². The molecule has 0 amide bonds. The molecule has 5 nitrogen and oxygen atoms in total. The Hall–Kier alpha value is -3.22. The molecule has 0 unspecified atom stereocenters. The second-order valence-corrected chi connectivity index (χ2v) is 12.8. The second kappa shape index (κ2) is 10.3. The summed E-state index contributed by atoms with van der Waals surface area (Å²) in [7, 11) is 2.03. The molecule has 2 aliphatic heterocycles. The van der Waals surface area contributed by atoms with Crippen LogP contribution in [0.15, 0.2) is 60.9 Å². The first kappa shape index (κ1) is 27.0. The monoisotopic (exact) mass is 560 g/mol. The highest BCUT2D eigenvalue weighted by atomic mass is 35.5. The first-order chi connectivity index (χ1) is 19.1. The van der Waals surface area contributed by atoms with Crippen LogP contribution in [0.1, 0.15) is 45.1 Å². The number of nitrogens with zero attached hydrogens (tertiary/aromatic N) is 4. The average molecular weight is 561 g/mol. The van der Waals surface area contributed by atoms with Crippen LogP contribution in [-0.4, -0.2) is 60.3 Å². The third-order valence-corrected chi connectivity index (χ3v) is 8.70. The number of aromatic hydroxyl groups is 1. The van der Waals surface area contributed by atoms with Gasteiger partial charge in [0.1, 0.15) is 11.6 Å². The van der Waals surface area contributed by atoms with Gasteiger partial charge in [-0.1, -0.05) is 23.7 Å². The Labute approximate surface area is 242 Å². The van der Waals surface area contributed by atoms with Crippen molar-refractivity contribution in [2.24, 2.45) is 0 Å². The fourth-order valence-electron chi connectivity index (χ4n) is 6.00. The first-order valence-corrected chi connectivity index (χ1v) is 14.6. The number of halogens is 2. The summed E-state index contributed by atoms with van der Waals surface area (Å²) in [5.41, 5.74) is 5.88. The molecule has 1 aliphatic carbocycles. The fourth-order valence-corrected chi connectivity index (χ4v) is 6.34. The topological polar surface area (TPSA) is 33.2 Å². The molecule has 0 radical (unpaired) electrons. The van der Waals surface area contributed by atoms with Gasteiger partial charge in [-0.15, -0.1) is 0 Å². The normalized spacial score (nSPS) is 18.2. The Morgan fingerprint density at radius 2 is 1.60 bits per heavy atom. The standard InChI is InChI=1S/C33H38ClFN4O/c1-33(2,3)39-14-12-37(13-15-39)26-7-5-6-23(16-26)28-19-25(35)20-29(32(28)40)24-17-27(22-8-9-22)31(30(34)18-24)38-11-10-36(4)21-38/h5-7,10-11,16-20,22,40H,8-9,12-15,21H2,1-4H3. The third-order valence-electron chi connectivity index (χ3n) is 8.41. The van der Waals surface area contributed by atoms with Gasteiger partial charge in [-0.25, -0.2) is 4.39 Å². The number of benzene rings is 3. The van der Waals surface area contributed by atoms with Gasteiger partial charge in [0.05, 0.1) is 17.4 Å². The Bertz CT molecular complexity index is 1450. The molecule has 0 aromatic heterocycles. The van der Waals surface area contributed by atoms with Gasteiger partial charge >= 0.3 is 0 Å². The molecule has 7 heteroatoms. The molecule has 3 aromatic carbocycles. The number of anilines is 2. The van der Waals surface area contributed by atoms with Crippen molar-refractivity contribution in [3.05, 3.63) is 77.3 Å². The minimum absolute atomic E-state index is 0.0717. The van der Waals surface area contributed by atoms with E-state index in [1.807, 2.05) is 37.6 Å². The fraction of sp³-hybridized carbons (Fsp3) is 0.394. The zero-order chi connectivity index (χ0) is 28.2. The molecule has 0 atom stereocenters.